The Labute approximate surface area is 163 Å². The fourth-order valence-electron chi connectivity index (χ4n) is 3.83. The fourth-order valence-corrected chi connectivity index (χ4v) is 3.83. The van der Waals surface area contributed by atoms with Crippen molar-refractivity contribution in [1.29, 1.82) is 0 Å². The summed E-state index contributed by atoms with van der Waals surface area (Å²) in [5, 5.41) is 41.9. The average molecular weight is 389 g/mol. The van der Waals surface area contributed by atoms with Gasteiger partial charge in [0.25, 0.3) is 0 Å². The molecule has 27 heavy (non-hydrogen) atoms. The normalized spacial score (nSPS) is 25.8. The first-order valence-corrected chi connectivity index (χ1v) is 10.7. The molecule has 5 N–H and O–H groups in total. The summed E-state index contributed by atoms with van der Waals surface area (Å²) in [6, 6.07) is -0.971. The molecule has 0 spiro atoms. The van der Waals surface area contributed by atoms with Gasteiger partial charge in [-0.15, -0.1) is 0 Å². The number of amides is 1. The zero-order valence-corrected chi connectivity index (χ0v) is 16.9. The number of rotatable bonds is 15. The number of aliphatic hydroxyl groups is 4. The molecule has 0 saturated carbocycles. The van der Waals surface area contributed by atoms with Crippen molar-refractivity contribution in [2.24, 2.45) is 0 Å². The number of unbranched alkanes of at least 4 members (excludes halogenated alkanes) is 7. The topological polar surface area (TPSA) is 113 Å². The SMILES string of the molecule is CCCCNC(=O)CC1C(O)C(O)C(CO)N1CCCCCCCCCO. The lowest BCUT2D eigenvalue weighted by molar-refractivity contribution is -0.123. The zero-order valence-electron chi connectivity index (χ0n) is 16.9. The minimum absolute atomic E-state index is 0.118. The Hall–Kier alpha value is -0.730. The highest BCUT2D eigenvalue weighted by atomic mass is 16.3. The Bertz CT molecular complexity index is 397. The minimum atomic E-state index is -1.03. The Morgan fingerprint density at radius 3 is 2.07 bits per heavy atom. The van der Waals surface area contributed by atoms with Crippen LogP contribution >= 0.6 is 0 Å². The summed E-state index contributed by atoms with van der Waals surface area (Å²) in [4.78, 5) is 14.1. The number of hydrogen-bond acceptors (Lipinski definition) is 6. The number of hydrogen-bond donors (Lipinski definition) is 5. The summed E-state index contributed by atoms with van der Waals surface area (Å²) < 4.78 is 0. The number of nitrogens with one attached hydrogen (secondary N) is 1. The Kier molecular flexibility index (Phi) is 12.9. The van der Waals surface area contributed by atoms with Crippen LogP contribution in [0, 0.1) is 0 Å². The van der Waals surface area contributed by atoms with Gasteiger partial charge in [-0.25, -0.2) is 0 Å². The average Bonchev–Trinajstić information content (AvgIpc) is 2.88. The number of nitrogens with zero attached hydrogens (tertiary/aromatic N) is 1. The molecule has 1 rings (SSSR count). The van der Waals surface area contributed by atoms with Crippen molar-refractivity contribution in [2.45, 2.75) is 95.4 Å². The lowest BCUT2D eigenvalue weighted by Gasteiger charge is -2.29. The molecular weight excluding hydrogens is 348 g/mol. The summed E-state index contributed by atoms with van der Waals surface area (Å²) in [5.74, 6) is -0.118. The summed E-state index contributed by atoms with van der Waals surface area (Å²) in [7, 11) is 0. The third-order valence-corrected chi connectivity index (χ3v) is 5.50. The van der Waals surface area contributed by atoms with Gasteiger partial charge < -0.3 is 25.7 Å². The van der Waals surface area contributed by atoms with E-state index in [2.05, 4.69) is 12.2 Å². The van der Waals surface area contributed by atoms with Crippen molar-refractivity contribution < 1.29 is 25.2 Å². The highest BCUT2D eigenvalue weighted by Crippen LogP contribution is 2.28. The van der Waals surface area contributed by atoms with E-state index in [1.54, 1.807) is 0 Å². The van der Waals surface area contributed by atoms with Crippen LogP contribution in [0.25, 0.3) is 0 Å². The molecule has 1 heterocycles. The van der Waals surface area contributed by atoms with Gasteiger partial charge in [0.05, 0.1) is 24.9 Å². The number of aliphatic hydroxyl groups excluding tert-OH is 4. The van der Waals surface area contributed by atoms with Crippen LogP contribution in [0.15, 0.2) is 0 Å². The molecule has 0 aromatic carbocycles. The van der Waals surface area contributed by atoms with Gasteiger partial charge >= 0.3 is 0 Å². The molecule has 0 radical (unpaired) electrons. The molecule has 1 saturated heterocycles. The van der Waals surface area contributed by atoms with Crippen molar-refractivity contribution in [3.63, 3.8) is 0 Å². The van der Waals surface area contributed by atoms with E-state index in [1.165, 1.54) is 0 Å². The summed E-state index contributed by atoms with van der Waals surface area (Å²) >= 11 is 0. The van der Waals surface area contributed by atoms with E-state index in [9.17, 15) is 20.1 Å². The maximum Gasteiger partial charge on any atom is 0.221 e. The predicted octanol–water partition coefficient (Wildman–Crippen LogP) is 0.783. The van der Waals surface area contributed by atoms with Gasteiger partial charge in [-0.3, -0.25) is 9.69 Å². The van der Waals surface area contributed by atoms with Crippen molar-refractivity contribution in [3.8, 4) is 0 Å². The van der Waals surface area contributed by atoms with Gasteiger partial charge in [-0.1, -0.05) is 45.4 Å². The van der Waals surface area contributed by atoms with Crippen molar-refractivity contribution in [1.82, 2.24) is 10.2 Å². The Morgan fingerprint density at radius 2 is 1.48 bits per heavy atom. The molecule has 0 bridgehead atoms. The van der Waals surface area contributed by atoms with Crippen molar-refractivity contribution in [3.05, 3.63) is 0 Å². The van der Waals surface area contributed by atoms with Crippen LogP contribution in [0.5, 0.6) is 0 Å². The van der Waals surface area contributed by atoms with Gasteiger partial charge in [-0.05, 0) is 25.8 Å². The second-order valence-electron chi connectivity index (χ2n) is 7.64. The molecule has 1 fully saturated rings. The minimum Gasteiger partial charge on any atom is -0.396 e. The quantitative estimate of drug-likeness (QED) is 0.265. The fraction of sp³-hybridized carbons (Fsp3) is 0.950. The highest BCUT2D eigenvalue weighted by Gasteiger charge is 2.47. The van der Waals surface area contributed by atoms with Crippen molar-refractivity contribution >= 4 is 5.91 Å². The molecule has 7 heteroatoms. The number of likely N-dealkylation sites (tertiary alicyclic amines) is 1. The standard InChI is InChI=1S/C20H40N2O5/c1-2-3-11-21-18(25)14-16-19(26)20(27)17(15-24)22(16)12-9-7-5-4-6-8-10-13-23/h16-17,19-20,23-24,26-27H,2-15H2,1H3,(H,21,25). The third-order valence-electron chi connectivity index (χ3n) is 5.50. The van der Waals surface area contributed by atoms with E-state index in [4.69, 9.17) is 5.11 Å². The predicted molar refractivity (Wildman–Crippen MR) is 105 cm³/mol. The zero-order chi connectivity index (χ0) is 20.1. The molecule has 4 atom stereocenters. The van der Waals surface area contributed by atoms with E-state index in [0.29, 0.717) is 13.1 Å². The third kappa shape index (κ3) is 8.44. The smallest absolute Gasteiger partial charge is 0.221 e. The van der Waals surface area contributed by atoms with Crippen LogP contribution < -0.4 is 5.32 Å². The molecule has 0 aliphatic carbocycles. The maximum atomic E-state index is 12.2. The monoisotopic (exact) mass is 388 g/mol. The van der Waals surface area contributed by atoms with Crippen LogP contribution in [0.2, 0.25) is 0 Å². The number of carbonyl (C=O) groups excluding carboxylic acids is 1. The molecule has 1 amide bonds. The molecular formula is C20H40N2O5. The molecule has 160 valence electrons. The molecule has 0 aromatic rings. The lowest BCUT2D eigenvalue weighted by atomic mass is 10.1. The molecule has 7 nitrogen and oxygen atoms in total. The summed E-state index contributed by atoms with van der Waals surface area (Å²) in [5.41, 5.74) is 0. The first-order chi connectivity index (χ1) is 13.1. The largest absolute Gasteiger partial charge is 0.396 e. The Balaban J connectivity index is 2.44. The van der Waals surface area contributed by atoms with Crippen LogP contribution in [-0.2, 0) is 4.79 Å². The lowest BCUT2D eigenvalue weighted by Crippen LogP contribution is -2.44. The van der Waals surface area contributed by atoms with Crippen LogP contribution in [-0.4, -0.2) is 81.8 Å². The molecule has 1 aliphatic rings. The molecule has 0 aromatic heterocycles. The van der Waals surface area contributed by atoms with Crippen molar-refractivity contribution in [2.75, 3.05) is 26.3 Å². The maximum absolute atomic E-state index is 12.2. The van der Waals surface area contributed by atoms with Crippen LogP contribution in [0.1, 0.15) is 71.1 Å². The molecule has 1 aliphatic heterocycles. The van der Waals surface area contributed by atoms with E-state index in [0.717, 1.165) is 57.8 Å². The first kappa shape index (κ1) is 24.3. The van der Waals surface area contributed by atoms with Gasteiger partial charge in [-0.2, -0.15) is 0 Å². The van der Waals surface area contributed by atoms with Crippen LogP contribution in [0.3, 0.4) is 0 Å². The van der Waals surface area contributed by atoms with E-state index in [-0.39, 0.29) is 25.5 Å². The summed E-state index contributed by atoms with van der Waals surface area (Å²) in [6.45, 7) is 3.37. The van der Waals surface area contributed by atoms with Crippen LogP contribution in [0.4, 0.5) is 0 Å². The van der Waals surface area contributed by atoms with E-state index >= 15 is 0 Å². The Morgan fingerprint density at radius 1 is 0.889 bits per heavy atom. The second-order valence-corrected chi connectivity index (χ2v) is 7.64. The first-order valence-electron chi connectivity index (χ1n) is 10.7. The van der Waals surface area contributed by atoms with Gasteiger partial charge in [0.1, 0.15) is 0 Å². The van der Waals surface area contributed by atoms with E-state index < -0.39 is 24.3 Å². The highest BCUT2D eigenvalue weighted by molar-refractivity contribution is 5.76. The second kappa shape index (κ2) is 14.3. The van der Waals surface area contributed by atoms with E-state index in [1.807, 2.05) is 4.90 Å². The van der Waals surface area contributed by atoms with Gasteiger partial charge in [0.15, 0.2) is 0 Å². The summed E-state index contributed by atoms with van der Waals surface area (Å²) in [6.07, 6.45) is 7.26. The van der Waals surface area contributed by atoms with Gasteiger partial charge in [0, 0.05) is 25.6 Å². The molecule has 4 unspecified atom stereocenters. The number of carbonyl (C=O) groups is 1. The van der Waals surface area contributed by atoms with Gasteiger partial charge in [0.2, 0.25) is 5.91 Å².